The van der Waals surface area contributed by atoms with Gasteiger partial charge in [-0.1, -0.05) is 92.7 Å². The molecule has 12 nitrogen and oxygen atoms in total. The number of carbonyl (C=O) groups excluding carboxylic acids is 2. The lowest BCUT2D eigenvalue weighted by atomic mass is 10.0. The summed E-state index contributed by atoms with van der Waals surface area (Å²) in [5.74, 6) is 1.71. The molecule has 5 atom stereocenters. The summed E-state index contributed by atoms with van der Waals surface area (Å²) in [5.41, 5.74) is 7.10. The highest BCUT2D eigenvalue weighted by Crippen LogP contribution is 2.38. The topological polar surface area (TPSA) is 142 Å². The Kier molecular flexibility index (Phi) is 11.5. The van der Waals surface area contributed by atoms with E-state index in [0.717, 1.165) is 96.2 Å². The van der Waals surface area contributed by atoms with Gasteiger partial charge in [0.25, 0.3) is 0 Å². The first-order valence-electron chi connectivity index (χ1n) is 20.9. The van der Waals surface area contributed by atoms with Crippen molar-refractivity contribution in [2.45, 2.75) is 83.0 Å². The SMILES string of the molecule is CCN(CC)[C@@H](C(=O)N1CCC[C@H]1c1ncc(-c2ccc(-c3ccc(-c4cnc([C@@H]5CCCN5C(=O)[C@H]5CC[C@@H](N(C)C(=O)O)C5)[nH]4)cc3)cc2)[nH]1)c1ccccc1. The first-order chi connectivity index (χ1) is 28.2. The van der Waals surface area contributed by atoms with E-state index in [2.05, 4.69) is 89.4 Å². The maximum atomic E-state index is 14.2. The fourth-order valence-electron chi connectivity index (χ4n) is 9.43. The van der Waals surface area contributed by atoms with Gasteiger partial charge in [-0.3, -0.25) is 14.5 Å². The van der Waals surface area contributed by atoms with E-state index in [0.29, 0.717) is 25.8 Å². The number of aromatic amines is 2. The minimum atomic E-state index is -0.947. The van der Waals surface area contributed by atoms with Crippen LogP contribution in [0.1, 0.15) is 94.1 Å². The molecule has 0 bridgehead atoms. The van der Waals surface area contributed by atoms with Gasteiger partial charge in [-0.2, -0.15) is 0 Å². The summed E-state index contributed by atoms with van der Waals surface area (Å²) in [6.45, 7) is 7.22. The molecule has 12 heteroatoms. The highest BCUT2D eigenvalue weighted by Gasteiger charge is 2.41. The second-order valence-corrected chi connectivity index (χ2v) is 16.0. The van der Waals surface area contributed by atoms with Crippen LogP contribution in [-0.2, 0) is 9.59 Å². The Balaban J connectivity index is 0.911. The number of amides is 3. The van der Waals surface area contributed by atoms with Crippen LogP contribution in [-0.4, -0.2) is 102 Å². The Labute approximate surface area is 340 Å². The van der Waals surface area contributed by atoms with E-state index in [-0.39, 0.29) is 41.9 Å². The lowest BCUT2D eigenvalue weighted by molar-refractivity contribution is -0.138. The molecule has 0 unspecified atom stereocenters. The second kappa shape index (κ2) is 17.0. The van der Waals surface area contributed by atoms with Crippen molar-refractivity contribution in [2.24, 2.45) is 5.92 Å². The largest absolute Gasteiger partial charge is 0.465 e. The molecule has 2 saturated heterocycles. The smallest absolute Gasteiger partial charge is 0.407 e. The number of imidazole rings is 2. The highest BCUT2D eigenvalue weighted by molar-refractivity contribution is 5.84. The first kappa shape index (κ1) is 39.1. The molecule has 8 rings (SSSR count). The number of likely N-dealkylation sites (tertiary alicyclic amines) is 2. The van der Waals surface area contributed by atoms with Gasteiger partial charge in [0, 0.05) is 32.1 Å². The Bertz CT molecular complexity index is 2200. The quantitative estimate of drug-likeness (QED) is 0.116. The molecule has 0 radical (unpaired) electrons. The maximum absolute atomic E-state index is 14.2. The number of aromatic nitrogens is 4. The number of hydrogen-bond donors (Lipinski definition) is 3. The summed E-state index contributed by atoms with van der Waals surface area (Å²) < 4.78 is 0. The van der Waals surface area contributed by atoms with Crippen LogP contribution in [0, 0.1) is 5.92 Å². The maximum Gasteiger partial charge on any atom is 0.407 e. The predicted octanol–water partition coefficient (Wildman–Crippen LogP) is 8.32. The molecule has 1 saturated carbocycles. The van der Waals surface area contributed by atoms with Crippen LogP contribution in [0.4, 0.5) is 4.79 Å². The van der Waals surface area contributed by atoms with Crippen molar-refractivity contribution in [3.05, 3.63) is 108 Å². The van der Waals surface area contributed by atoms with Crippen molar-refractivity contribution in [3.8, 4) is 33.6 Å². The average Bonchev–Trinajstić information content (AvgIpc) is 4.12. The molecule has 3 fully saturated rings. The van der Waals surface area contributed by atoms with Crippen LogP contribution >= 0.6 is 0 Å². The normalized spacial score (nSPS) is 21.2. The molecule has 3 aromatic carbocycles. The third-order valence-corrected chi connectivity index (χ3v) is 12.7. The fraction of sp³-hybridized carbons (Fsp3) is 0.413. The van der Waals surface area contributed by atoms with Crippen LogP contribution in [0.3, 0.4) is 0 Å². The minimum Gasteiger partial charge on any atom is -0.465 e. The Hall–Kier alpha value is -5.75. The van der Waals surface area contributed by atoms with Gasteiger partial charge in [-0.05, 0) is 85.9 Å². The van der Waals surface area contributed by atoms with E-state index >= 15 is 0 Å². The summed E-state index contributed by atoms with van der Waals surface area (Å²) in [5, 5.41) is 9.40. The monoisotopic (exact) mass is 782 g/mol. The standard InChI is InChI=1S/C46H54N8O4/c1-4-52(5-2)41(34-11-7-6-8-12-34)45(56)54-26-10-14-40(54)43-48-29-38(50-43)33-21-17-31(18-22-33)30-15-19-32(20-16-30)37-28-47-42(49-37)39-13-9-25-53(39)44(55)35-23-24-36(27-35)51(3)46(57)58/h6-8,11-12,15-22,28-29,35-36,39-41H,4-5,9-10,13-14,23-27H2,1-3H3,(H,47,49)(H,48,50)(H,57,58)/t35-,36+,39-,40-,41+/m0/s1. The zero-order valence-electron chi connectivity index (χ0n) is 33.7. The Morgan fingerprint density at radius 3 is 1.78 bits per heavy atom. The zero-order valence-corrected chi connectivity index (χ0v) is 33.7. The summed E-state index contributed by atoms with van der Waals surface area (Å²) in [6.07, 6.45) is 8.36. The number of rotatable bonds is 12. The van der Waals surface area contributed by atoms with E-state index in [1.54, 1.807) is 7.05 Å². The Morgan fingerprint density at radius 2 is 1.24 bits per heavy atom. The van der Waals surface area contributed by atoms with E-state index < -0.39 is 6.09 Å². The van der Waals surface area contributed by atoms with Crippen molar-refractivity contribution < 1.29 is 19.5 Å². The Morgan fingerprint density at radius 1 is 0.724 bits per heavy atom. The number of hydrogen-bond acceptors (Lipinski definition) is 6. The van der Waals surface area contributed by atoms with Crippen molar-refractivity contribution >= 4 is 17.9 Å². The van der Waals surface area contributed by atoms with E-state index in [9.17, 15) is 19.5 Å². The molecule has 3 aliphatic rings. The second-order valence-electron chi connectivity index (χ2n) is 16.0. The molecule has 3 amide bonds. The van der Waals surface area contributed by atoms with Gasteiger partial charge in [-0.25, -0.2) is 14.8 Å². The number of benzene rings is 3. The average molecular weight is 783 g/mol. The third-order valence-electron chi connectivity index (χ3n) is 12.7. The summed E-state index contributed by atoms with van der Waals surface area (Å²) >= 11 is 0. The fourth-order valence-corrected chi connectivity index (χ4v) is 9.43. The number of carbonyl (C=O) groups is 3. The highest BCUT2D eigenvalue weighted by atomic mass is 16.4. The van der Waals surface area contributed by atoms with Gasteiger partial charge >= 0.3 is 6.09 Å². The van der Waals surface area contributed by atoms with Crippen LogP contribution in [0.15, 0.2) is 91.3 Å². The molecular weight excluding hydrogens is 729 g/mol. The van der Waals surface area contributed by atoms with Crippen molar-refractivity contribution in [1.82, 2.24) is 39.5 Å². The lowest BCUT2D eigenvalue weighted by Crippen LogP contribution is -2.43. The lowest BCUT2D eigenvalue weighted by Gasteiger charge is -2.34. The predicted molar refractivity (Wildman–Crippen MR) is 223 cm³/mol. The van der Waals surface area contributed by atoms with Crippen molar-refractivity contribution in [3.63, 3.8) is 0 Å². The summed E-state index contributed by atoms with van der Waals surface area (Å²) in [7, 11) is 1.59. The molecule has 1 aliphatic carbocycles. The van der Waals surface area contributed by atoms with Gasteiger partial charge in [0.05, 0.1) is 35.9 Å². The van der Waals surface area contributed by atoms with Crippen LogP contribution in [0.5, 0.6) is 0 Å². The van der Waals surface area contributed by atoms with Gasteiger partial charge in [0.1, 0.15) is 17.7 Å². The summed E-state index contributed by atoms with van der Waals surface area (Å²) in [6, 6.07) is 26.4. The number of nitrogens with one attached hydrogen (secondary N) is 2. The zero-order chi connectivity index (χ0) is 40.3. The molecule has 5 aromatic rings. The number of carboxylic acid groups (broad SMARTS) is 1. The molecule has 302 valence electrons. The molecule has 58 heavy (non-hydrogen) atoms. The first-order valence-corrected chi connectivity index (χ1v) is 20.9. The van der Waals surface area contributed by atoms with Gasteiger partial charge in [-0.15, -0.1) is 0 Å². The molecule has 3 N–H and O–H groups in total. The molecule has 2 aromatic heterocycles. The molecule has 4 heterocycles. The van der Waals surface area contributed by atoms with Gasteiger partial charge in [0.15, 0.2) is 0 Å². The van der Waals surface area contributed by atoms with E-state index in [1.165, 1.54) is 4.90 Å². The van der Waals surface area contributed by atoms with E-state index in [1.807, 2.05) is 40.4 Å². The number of likely N-dealkylation sites (N-methyl/N-ethyl adjacent to an activating group) is 1. The van der Waals surface area contributed by atoms with Crippen LogP contribution in [0.2, 0.25) is 0 Å². The van der Waals surface area contributed by atoms with Crippen LogP contribution in [0.25, 0.3) is 33.6 Å². The molecular formula is C46H54N8O4. The van der Waals surface area contributed by atoms with Gasteiger partial charge < -0.3 is 29.8 Å². The van der Waals surface area contributed by atoms with Gasteiger partial charge in [0.2, 0.25) is 11.8 Å². The molecule has 2 aliphatic heterocycles. The molecule has 0 spiro atoms. The number of nitrogens with zero attached hydrogens (tertiary/aromatic N) is 6. The van der Waals surface area contributed by atoms with Crippen molar-refractivity contribution in [2.75, 3.05) is 33.2 Å². The number of H-pyrrole nitrogens is 2. The minimum absolute atomic E-state index is 0.0919. The third kappa shape index (κ3) is 7.77. The van der Waals surface area contributed by atoms with Crippen LogP contribution < -0.4 is 0 Å². The van der Waals surface area contributed by atoms with Crippen molar-refractivity contribution in [1.29, 1.82) is 0 Å². The summed E-state index contributed by atoms with van der Waals surface area (Å²) in [4.78, 5) is 63.4. The van der Waals surface area contributed by atoms with E-state index in [4.69, 9.17) is 9.97 Å².